The monoisotopic (exact) mass is 206 g/mol. The van der Waals surface area contributed by atoms with Crippen molar-refractivity contribution in [2.75, 3.05) is 19.5 Å². The molecule has 0 aromatic heterocycles. The Morgan fingerprint density at radius 1 is 1.38 bits per heavy atom. The lowest BCUT2D eigenvalue weighted by Gasteiger charge is -1.92. The molecule has 0 unspecified atom stereocenters. The van der Waals surface area contributed by atoms with Gasteiger partial charge in [0.05, 0.1) is 6.26 Å². The standard InChI is InChI=1S/C7H10O5S/c1-13(9,10)12-6-4-2-3-5-11-7-8/h7H,3,5-6H2,1H3. The van der Waals surface area contributed by atoms with Crippen LogP contribution < -0.4 is 0 Å². The minimum atomic E-state index is -3.41. The van der Waals surface area contributed by atoms with Crippen LogP contribution in [0.25, 0.3) is 0 Å². The first-order valence-corrected chi connectivity index (χ1v) is 5.23. The number of hydrogen-bond acceptors (Lipinski definition) is 5. The molecule has 6 heteroatoms. The highest BCUT2D eigenvalue weighted by atomic mass is 32.2. The predicted octanol–water partition coefficient (Wildman–Crippen LogP) is -0.471. The van der Waals surface area contributed by atoms with E-state index >= 15 is 0 Å². The molecule has 0 N–H and O–H groups in total. The molecule has 0 atom stereocenters. The number of carbonyl (C=O) groups excluding carboxylic acids is 1. The van der Waals surface area contributed by atoms with E-state index in [1.807, 2.05) is 0 Å². The number of carbonyl (C=O) groups is 1. The first-order chi connectivity index (χ1) is 6.06. The zero-order valence-electron chi connectivity index (χ0n) is 7.15. The molecule has 0 heterocycles. The Bertz CT molecular complexity index is 295. The molecule has 0 rings (SSSR count). The van der Waals surface area contributed by atoms with Crippen molar-refractivity contribution in [2.45, 2.75) is 6.42 Å². The van der Waals surface area contributed by atoms with E-state index in [9.17, 15) is 13.2 Å². The van der Waals surface area contributed by atoms with Crippen molar-refractivity contribution >= 4 is 16.6 Å². The van der Waals surface area contributed by atoms with Gasteiger partial charge in [0.2, 0.25) is 0 Å². The quantitative estimate of drug-likeness (QED) is 0.263. The Labute approximate surface area is 77.2 Å². The van der Waals surface area contributed by atoms with Crippen molar-refractivity contribution < 1.29 is 22.1 Å². The Kier molecular flexibility index (Phi) is 5.93. The van der Waals surface area contributed by atoms with Crippen LogP contribution in [-0.2, 0) is 23.8 Å². The van der Waals surface area contributed by atoms with Crippen LogP contribution in [0.1, 0.15) is 6.42 Å². The van der Waals surface area contributed by atoms with E-state index in [2.05, 4.69) is 20.8 Å². The maximum Gasteiger partial charge on any atom is 0.293 e. The topological polar surface area (TPSA) is 69.7 Å². The Hall–Kier alpha value is -1.06. The van der Waals surface area contributed by atoms with E-state index in [0.717, 1.165) is 6.26 Å². The zero-order chi connectivity index (χ0) is 10.2. The van der Waals surface area contributed by atoms with Gasteiger partial charge in [-0.1, -0.05) is 11.8 Å². The summed E-state index contributed by atoms with van der Waals surface area (Å²) in [6.45, 7) is 0.365. The Morgan fingerprint density at radius 3 is 2.62 bits per heavy atom. The van der Waals surface area contributed by atoms with E-state index < -0.39 is 10.1 Å². The van der Waals surface area contributed by atoms with Crippen molar-refractivity contribution in [3.05, 3.63) is 0 Å². The maximum atomic E-state index is 10.4. The van der Waals surface area contributed by atoms with Crippen molar-refractivity contribution in [2.24, 2.45) is 0 Å². The largest absolute Gasteiger partial charge is 0.467 e. The summed E-state index contributed by atoms with van der Waals surface area (Å²) < 4.78 is 29.5. The smallest absolute Gasteiger partial charge is 0.293 e. The minimum Gasteiger partial charge on any atom is -0.467 e. The number of rotatable bonds is 5. The van der Waals surface area contributed by atoms with Crippen LogP contribution in [0.5, 0.6) is 0 Å². The summed E-state index contributed by atoms with van der Waals surface area (Å²) >= 11 is 0. The summed E-state index contributed by atoms with van der Waals surface area (Å²) in [4.78, 5) is 9.65. The van der Waals surface area contributed by atoms with Crippen LogP contribution in [0.15, 0.2) is 0 Å². The normalized spacial score (nSPS) is 9.92. The van der Waals surface area contributed by atoms with Gasteiger partial charge < -0.3 is 4.74 Å². The molecule has 0 aromatic rings. The zero-order valence-corrected chi connectivity index (χ0v) is 7.96. The molecule has 0 fully saturated rings. The molecule has 5 nitrogen and oxygen atoms in total. The third-order valence-electron chi connectivity index (χ3n) is 0.883. The second kappa shape index (κ2) is 6.46. The molecule has 0 amide bonds. The molecule has 0 saturated carbocycles. The van der Waals surface area contributed by atoms with Gasteiger partial charge >= 0.3 is 0 Å². The van der Waals surface area contributed by atoms with E-state index in [-0.39, 0.29) is 13.2 Å². The summed E-state index contributed by atoms with van der Waals surface area (Å²) in [5, 5.41) is 0. The Morgan fingerprint density at radius 2 is 2.08 bits per heavy atom. The third-order valence-corrected chi connectivity index (χ3v) is 1.43. The second-order valence-electron chi connectivity index (χ2n) is 2.04. The van der Waals surface area contributed by atoms with Crippen molar-refractivity contribution in [1.29, 1.82) is 0 Å². The van der Waals surface area contributed by atoms with Crippen LogP contribution in [0.4, 0.5) is 0 Å². The summed E-state index contributed by atoms with van der Waals surface area (Å²) in [6.07, 6.45) is 1.32. The molecule has 0 aliphatic rings. The molecule has 0 aliphatic heterocycles. The molecule has 0 radical (unpaired) electrons. The van der Waals surface area contributed by atoms with Gasteiger partial charge in [-0.15, -0.1) is 0 Å². The van der Waals surface area contributed by atoms with E-state index in [0.29, 0.717) is 12.9 Å². The molecule has 0 saturated heterocycles. The Balaban J connectivity index is 3.46. The van der Waals surface area contributed by atoms with Gasteiger partial charge in [0.15, 0.2) is 0 Å². The fourth-order valence-electron chi connectivity index (χ4n) is 0.434. The SMILES string of the molecule is CS(=O)(=O)OCC#CCCOC=O. The van der Waals surface area contributed by atoms with E-state index in [1.54, 1.807) is 0 Å². The lowest BCUT2D eigenvalue weighted by molar-refractivity contribution is -0.128. The predicted molar refractivity (Wildman–Crippen MR) is 45.2 cm³/mol. The lowest BCUT2D eigenvalue weighted by atomic mass is 10.4. The van der Waals surface area contributed by atoms with Crippen molar-refractivity contribution in [1.82, 2.24) is 0 Å². The summed E-state index contributed by atoms with van der Waals surface area (Å²) in [5.74, 6) is 5.02. The molecule has 0 spiro atoms. The van der Waals surface area contributed by atoms with Crippen molar-refractivity contribution in [3.8, 4) is 11.8 Å². The third kappa shape index (κ3) is 10.9. The van der Waals surface area contributed by atoms with Crippen LogP contribution in [-0.4, -0.2) is 34.4 Å². The van der Waals surface area contributed by atoms with Gasteiger partial charge in [-0.3, -0.25) is 8.98 Å². The maximum absolute atomic E-state index is 10.4. The highest BCUT2D eigenvalue weighted by Gasteiger charge is 1.96. The molecule has 13 heavy (non-hydrogen) atoms. The summed E-state index contributed by atoms with van der Waals surface area (Å²) in [7, 11) is -3.41. The average molecular weight is 206 g/mol. The highest BCUT2D eigenvalue weighted by Crippen LogP contribution is 1.84. The average Bonchev–Trinajstić information content (AvgIpc) is 2.01. The van der Waals surface area contributed by atoms with Crippen LogP contribution in [0.2, 0.25) is 0 Å². The summed E-state index contributed by atoms with van der Waals surface area (Å²) in [6, 6.07) is 0. The first-order valence-electron chi connectivity index (χ1n) is 3.41. The fourth-order valence-corrected chi connectivity index (χ4v) is 0.707. The molecular weight excluding hydrogens is 196 g/mol. The minimum absolute atomic E-state index is 0.167. The van der Waals surface area contributed by atoms with E-state index in [4.69, 9.17) is 0 Å². The van der Waals surface area contributed by atoms with Gasteiger partial charge in [-0.2, -0.15) is 8.42 Å². The first kappa shape index (κ1) is 11.9. The molecule has 74 valence electrons. The number of hydrogen-bond donors (Lipinski definition) is 0. The van der Waals surface area contributed by atoms with Gasteiger partial charge in [0, 0.05) is 6.42 Å². The van der Waals surface area contributed by atoms with Crippen molar-refractivity contribution in [3.63, 3.8) is 0 Å². The highest BCUT2D eigenvalue weighted by molar-refractivity contribution is 7.85. The van der Waals surface area contributed by atoms with E-state index in [1.165, 1.54) is 0 Å². The van der Waals surface area contributed by atoms with Gasteiger partial charge in [0.1, 0.15) is 13.2 Å². The second-order valence-corrected chi connectivity index (χ2v) is 3.68. The van der Waals surface area contributed by atoms with Crippen LogP contribution in [0, 0.1) is 11.8 Å². The molecule has 0 bridgehead atoms. The molecule has 0 aromatic carbocycles. The van der Waals surface area contributed by atoms with Crippen LogP contribution in [0.3, 0.4) is 0 Å². The number of ether oxygens (including phenoxy) is 1. The van der Waals surface area contributed by atoms with Gasteiger partial charge in [-0.25, -0.2) is 0 Å². The summed E-state index contributed by atoms with van der Waals surface area (Å²) in [5.41, 5.74) is 0. The molecule has 0 aliphatic carbocycles. The molecular formula is C7H10O5S. The van der Waals surface area contributed by atoms with Gasteiger partial charge in [0.25, 0.3) is 16.6 Å². The fraction of sp³-hybridized carbons (Fsp3) is 0.571. The van der Waals surface area contributed by atoms with Gasteiger partial charge in [-0.05, 0) is 0 Å². The van der Waals surface area contributed by atoms with Crippen LogP contribution >= 0.6 is 0 Å². The lowest BCUT2D eigenvalue weighted by Crippen LogP contribution is -2.02.